The molecule has 0 fully saturated rings. The Morgan fingerprint density at radius 2 is 1.59 bits per heavy atom. The fourth-order valence-electron chi connectivity index (χ4n) is 2.59. The van der Waals surface area contributed by atoms with Crippen molar-refractivity contribution in [1.29, 1.82) is 0 Å². The Balaban J connectivity index is 3.89. The number of esters is 1. The van der Waals surface area contributed by atoms with Crippen molar-refractivity contribution in [1.82, 2.24) is 0 Å². The molecule has 29 heavy (non-hydrogen) atoms. The minimum absolute atomic E-state index is 0.287. The van der Waals surface area contributed by atoms with E-state index < -0.39 is 25.5 Å². The van der Waals surface area contributed by atoms with Crippen LogP contribution in [-0.2, 0) is 18.6 Å². The predicted molar refractivity (Wildman–Crippen MR) is 120 cm³/mol. The zero-order valence-corrected chi connectivity index (χ0v) is 20.5. The minimum atomic E-state index is -3.83. The molecule has 0 aliphatic heterocycles. The van der Waals surface area contributed by atoms with E-state index in [1.807, 2.05) is 21.1 Å². The maximum absolute atomic E-state index is 12.0. The Morgan fingerprint density at radius 1 is 1.03 bits per heavy atom. The van der Waals surface area contributed by atoms with Crippen molar-refractivity contribution in [2.24, 2.45) is 0 Å². The second kappa shape index (κ2) is 16.6. The van der Waals surface area contributed by atoms with E-state index in [9.17, 15) is 19.4 Å². The number of nitrogens with zero attached hydrogens (tertiary/aromatic N) is 1. The Labute approximate surface area is 181 Å². The molecule has 0 radical (unpaired) electrons. The molecule has 0 saturated carbocycles. The molecule has 0 aromatic rings. The SMILES string of the molecule is CCCCCCCCCCCC(=O)O[C@H](CO)COP(=O)(O)SCC[N+](C)(C)C. The number of carbonyl (C=O) groups excluding carboxylic acids is 1. The lowest BCUT2D eigenvalue weighted by Crippen LogP contribution is -2.36. The number of aliphatic hydroxyl groups excluding tert-OH is 1. The number of rotatable bonds is 19. The van der Waals surface area contributed by atoms with Crippen LogP contribution in [0.25, 0.3) is 0 Å². The molecule has 0 aliphatic carbocycles. The fraction of sp³-hybridized carbons (Fsp3) is 0.950. The van der Waals surface area contributed by atoms with Gasteiger partial charge in [-0.3, -0.25) is 9.32 Å². The van der Waals surface area contributed by atoms with E-state index >= 15 is 0 Å². The lowest BCUT2D eigenvalue weighted by Gasteiger charge is -2.24. The predicted octanol–water partition coefficient (Wildman–Crippen LogP) is 4.37. The molecule has 0 saturated heterocycles. The second-order valence-electron chi connectivity index (χ2n) is 8.48. The van der Waals surface area contributed by atoms with E-state index in [2.05, 4.69) is 6.92 Å². The number of carbonyl (C=O) groups is 1. The Hall–Kier alpha value is -0.110. The van der Waals surface area contributed by atoms with Crippen LogP contribution in [0.15, 0.2) is 0 Å². The highest BCUT2D eigenvalue weighted by Crippen LogP contribution is 2.55. The first-order valence-corrected chi connectivity index (χ1v) is 14.0. The Morgan fingerprint density at radius 3 is 2.10 bits per heavy atom. The van der Waals surface area contributed by atoms with Gasteiger partial charge in [-0.25, -0.2) is 4.57 Å². The summed E-state index contributed by atoms with van der Waals surface area (Å²) in [6.07, 6.45) is 9.84. The third-order valence-corrected chi connectivity index (χ3v) is 7.44. The number of hydrogen-bond donors (Lipinski definition) is 2. The van der Waals surface area contributed by atoms with Gasteiger partial charge in [-0.05, 0) is 17.8 Å². The highest BCUT2D eigenvalue weighted by molar-refractivity contribution is 8.54. The average Bonchev–Trinajstić information content (AvgIpc) is 2.62. The van der Waals surface area contributed by atoms with E-state index in [0.29, 0.717) is 16.7 Å². The second-order valence-corrected chi connectivity index (χ2v) is 12.5. The van der Waals surface area contributed by atoms with Crippen LogP contribution in [0.2, 0.25) is 0 Å². The number of aliphatic hydroxyl groups is 1. The standard InChI is InChI=1S/C20H42NO6PS/c1-5-6-7-8-9-10-11-12-13-14-20(23)27-19(17-22)18-26-28(24,25)29-16-15-21(2,3)4/h19,22H,5-18H2,1-4H3/p+1/t19-/m1/s1. The first kappa shape index (κ1) is 28.9. The molecule has 7 nitrogen and oxygen atoms in total. The van der Waals surface area contributed by atoms with Crippen LogP contribution in [0.3, 0.4) is 0 Å². The van der Waals surface area contributed by atoms with Gasteiger partial charge in [-0.1, -0.05) is 58.3 Å². The molecule has 9 heteroatoms. The van der Waals surface area contributed by atoms with Crippen molar-refractivity contribution in [3.63, 3.8) is 0 Å². The molecule has 0 aromatic heterocycles. The minimum Gasteiger partial charge on any atom is -0.457 e. The smallest absolute Gasteiger partial charge is 0.386 e. The van der Waals surface area contributed by atoms with Gasteiger partial charge in [-0.2, -0.15) is 0 Å². The summed E-state index contributed by atoms with van der Waals surface area (Å²) in [4.78, 5) is 21.7. The van der Waals surface area contributed by atoms with Gasteiger partial charge in [0.1, 0.15) is 6.10 Å². The van der Waals surface area contributed by atoms with Crippen molar-refractivity contribution < 1.29 is 33.1 Å². The molecule has 2 atom stereocenters. The fourth-order valence-corrected chi connectivity index (χ4v) is 5.23. The third kappa shape index (κ3) is 19.6. The molecule has 2 N–H and O–H groups in total. The number of hydrogen-bond acceptors (Lipinski definition) is 6. The van der Waals surface area contributed by atoms with E-state index in [4.69, 9.17) is 9.26 Å². The van der Waals surface area contributed by atoms with Gasteiger partial charge in [-0.15, -0.1) is 0 Å². The number of unbranched alkanes of at least 4 members (excludes halogenated alkanes) is 8. The van der Waals surface area contributed by atoms with Gasteiger partial charge in [0.2, 0.25) is 0 Å². The molecule has 174 valence electrons. The van der Waals surface area contributed by atoms with Crippen LogP contribution in [-0.4, -0.2) is 73.2 Å². The van der Waals surface area contributed by atoms with Gasteiger partial charge < -0.3 is 19.2 Å². The largest absolute Gasteiger partial charge is 0.457 e. The molecule has 0 aliphatic rings. The summed E-state index contributed by atoms with van der Waals surface area (Å²) in [7, 11) is 6.00. The molecule has 0 spiro atoms. The Bertz CT molecular complexity index is 472. The van der Waals surface area contributed by atoms with Crippen LogP contribution < -0.4 is 0 Å². The van der Waals surface area contributed by atoms with Crippen LogP contribution >= 0.6 is 18.2 Å². The van der Waals surface area contributed by atoms with Gasteiger partial charge in [0, 0.05) is 6.42 Å². The van der Waals surface area contributed by atoms with Crippen molar-refractivity contribution >= 4 is 24.1 Å². The Kier molecular flexibility index (Phi) is 16.5. The van der Waals surface area contributed by atoms with Crippen LogP contribution in [0.5, 0.6) is 0 Å². The van der Waals surface area contributed by atoms with Crippen molar-refractivity contribution in [2.75, 3.05) is 46.7 Å². The normalized spacial score (nSPS) is 15.1. The average molecular weight is 457 g/mol. The van der Waals surface area contributed by atoms with E-state index in [-0.39, 0.29) is 6.61 Å². The monoisotopic (exact) mass is 456 g/mol. The van der Waals surface area contributed by atoms with E-state index in [0.717, 1.165) is 37.2 Å². The summed E-state index contributed by atoms with van der Waals surface area (Å²) >= 11 is 0.856. The van der Waals surface area contributed by atoms with Gasteiger partial charge >= 0.3 is 12.8 Å². The van der Waals surface area contributed by atoms with Crippen molar-refractivity contribution in [2.45, 2.75) is 77.2 Å². The van der Waals surface area contributed by atoms with Crippen molar-refractivity contribution in [3.05, 3.63) is 0 Å². The molecule has 1 unspecified atom stereocenters. The highest BCUT2D eigenvalue weighted by Gasteiger charge is 2.25. The van der Waals surface area contributed by atoms with Crippen molar-refractivity contribution in [3.8, 4) is 0 Å². The molecular formula is C20H43NO6PS+. The number of ether oxygens (including phenoxy) is 1. The molecule has 0 heterocycles. The summed E-state index contributed by atoms with van der Waals surface area (Å²) in [5, 5.41) is 9.35. The lowest BCUT2D eigenvalue weighted by atomic mass is 10.1. The van der Waals surface area contributed by atoms with Gasteiger partial charge in [0.05, 0.1) is 46.7 Å². The summed E-state index contributed by atoms with van der Waals surface area (Å²) in [6.45, 7) is -1.63. The maximum atomic E-state index is 12.0. The van der Waals surface area contributed by atoms with E-state index in [1.54, 1.807) is 0 Å². The van der Waals surface area contributed by atoms with Gasteiger partial charge in [0.25, 0.3) is 0 Å². The lowest BCUT2D eigenvalue weighted by molar-refractivity contribution is -0.867. The molecule has 0 aromatic carbocycles. The highest BCUT2D eigenvalue weighted by atomic mass is 32.7. The number of quaternary nitrogens is 1. The topological polar surface area (TPSA) is 93.1 Å². The van der Waals surface area contributed by atoms with Crippen LogP contribution in [0, 0.1) is 0 Å². The first-order chi connectivity index (χ1) is 13.6. The zero-order chi connectivity index (χ0) is 22.2. The van der Waals surface area contributed by atoms with Crippen LogP contribution in [0.4, 0.5) is 0 Å². The van der Waals surface area contributed by atoms with E-state index in [1.165, 1.54) is 38.5 Å². The summed E-state index contributed by atoms with van der Waals surface area (Å²) in [5.41, 5.74) is 0. The van der Waals surface area contributed by atoms with Gasteiger partial charge in [0.15, 0.2) is 0 Å². The molecule has 0 bridgehead atoms. The third-order valence-electron chi connectivity index (χ3n) is 4.43. The molecule has 0 amide bonds. The summed E-state index contributed by atoms with van der Waals surface area (Å²) in [6, 6.07) is 0. The zero-order valence-electron chi connectivity index (χ0n) is 18.8. The quantitative estimate of drug-likeness (QED) is 0.129. The van der Waals surface area contributed by atoms with Crippen LogP contribution in [0.1, 0.15) is 71.1 Å². The molecular weight excluding hydrogens is 413 g/mol. The molecule has 0 rings (SSSR count). The maximum Gasteiger partial charge on any atom is 0.386 e. The summed E-state index contributed by atoms with van der Waals surface area (Å²) < 4.78 is 22.9. The summed E-state index contributed by atoms with van der Waals surface area (Å²) in [5.74, 6) is 0.0699. The first-order valence-electron chi connectivity index (χ1n) is 10.8.